The monoisotopic (exact) mass is 271 g/mol. The van der Waals surface area contributed by atoms with Crippen LogP contribution >= 0.6 is 0 Å². The van der Waals surface area contributed by atoms with Gasteiger partial charge in [-0.2, -0.15) is 0 Å². The summed E-state index contributed by atoms with van der Waals surface area (Å²) in [5.41, 5.74) is 9.44. The van der Waals surface area contributed by atoms with Crippen molar-refractivity contribution < 1.29 is 4.39 Å². The number of halogens is 1. The summed E-state index contributed by atoms with van der Waals surface area (Å²) < 4.78 is 13.8. The fourth-order valence-corrected chi connectivity index (χ4v) is 2.21. The molecule has 0 aliphatic rings. The Morgan fingerprint density at radius 1 is 1.00 bits per heavy atom. The van der Waals surface area contributed by atoms with Gasteiger partial charge >= 0.3 is 0 Å². The number of rotatable bonds is 4. The minimum Gasteiger partial charge on any atom is -0.326 e. The first-order chi connectivity index (χ1) is 9.47. The highest BCUT2D eigenvalue weighted by Gasteiger charge is 2.17. The van der Waals surface area contributed by atoms with Crippen molar-refractivity contribution in [1.82, 2.24) is 0 Å². The molecule has 0 unspecified atom stereocenters. The minimum absolute atomic E-state index is 0.174. The molecule has 1 nitrogen and oxygen atoms in total. The Kier molecular flexibility index (Phi) is 4.24. The predicted molar refractivity (Wildman–Crippen MR) is 83.0 cm³/mol. The average molecular weight is 271 g/mol. The third-order valence-corrected chi connectivity index (χ3v) is 4.16. The Bertz CT molecular complexity index is 585. The number of nitrogens with two attached hydrogens (primary N) is 1. The molecule has 0 saturated heterocycles. The fourth-order valence-electron chi connectivity index (χ4n) is 2.21. The molecule has 0 aliphatic carbocycles. The second kappa shape index (κ2) is 5.76. The highest BCUT2D eigenvalue weighted by Crippen LogP contribution is 2.29. The zero-order valence-corrected chi connectivity index (χ0v) is 12.4. The van der Waals surface area contributed by atoms with Crippen molar-refractivity contribution in [1.29, 1.82) is 0 Å². The van der Waals surface area contributed by atoms with Crippen LogP contribution < -0.4 is 5.73 Å². The van der Waals surface area contributed by atoms with Crippen LogP contribution in [0.15, 0.2) is 42.5 Å². The van der Waals surface area contributed by atoms with Crippen LogP contribution in [0.3, 0.4) is 0 Å². The van der Waals surface area contributed by atoms with Gasteiger partial charge in [0.25, 0.3) is 0 Å². The maximum absolute atomic E-state index is 13.8. The van der Waals surface area contributed by atoms with Crippen LogP contribution in [0.2, 0.25) is 0 Å². The van der Waals surface area contributed by atoms with Crippen LogP contribution in [-0.2, 0) is 12.0 Å². The lowest BCUT2D eigenvalue weighted by molar-refractivity contribution is 0.506. The summed E-state index contributed by atoms with van der Waals surface area (Å²) in [6.45, 7) is 6.89. The Labute approximate surface area is 120 Å². The van der Waals surface area contributed by atoms with E-state index >= 15 is 0 Å². The van der Waals surface area contributed by atoms with E-state index in [-0.39, 0.29) is 17.8 Å². The summed E-state index contributed by atoms with van der Waals surface area (Å²) in [5, 5.41) is 0. The first-order valence-corrected chi connectivity index (χ1v) is 7.07. The lowest BCUT2D eigenvalue weighted by atomic mass is 9.82. The molecule has 0 saturated carbocycles. The summed E-state index contributed by atoms with van der Waals surface area (Å²) in [6.07, 6.45) is 1.09. The molecule has 2 N–H and O–H groups in total. The van der Waals surface area contributed by atoms with Gasteiger partial charge < -0.3 is 5.73 Å². The normalized spacial score (nSPS) is 11.7. The average Bonchev–Trinajstić information content (AvgIpc) is 2.47. The summed E-state index contributed by atoms with van der Waals surface area (Å²) in [5.74, 6) is -0.233. The van der Waals surface area contributed by atoms with Crippen LogP contribution in [0.5, 0.6) is 0 Å². The molecule has 106 valence electrons. The molecule has 0 bridgehead atoms. The zero-order chi connectivity index (χ0) is 14.8. The highest BCUT2D eigenvalue weighted by atomic mass is 19.1. The van der Waals surface area contributed by atoms with Gasteiger partial charge in [-0.1, -0.05) is 57.2 Å². The van der Waals surface area contributed by atoms with E-state index in [2.05, 4.69) is 45.0 Å². The largest absolute Gasteiger partial charge is 0.326 e. The van der Waals surface area contributed by atoms with E-state index in [0.29, 0.717) is 5.56 Å². The van der Waals surface area contributed by atoms with Crippen LogP contribution in [0, 0.1) is 5.82 Å². The third kappa shape index (κ3) is 2.91. The van der Waals surface area contributed by atoms with E-state index in [1.54, 1.807) is 12.1 Å². The molecule has 0 fully saturated rings. The number of benzene rings is 2. The van der Waals surface area contributed by atoms with Crippen molar-refractivity contribution in [2.45, 2.75) is 39.2 Å². The second-order valence-corrected chi connectivity index (χ2v) is 5.83. The number of hydrogen-bond donors (Lipinski definition) is 1. The van der Waals surface area contributed by atoms with Gasteiger partial charge in [0.1, 0.15) is 5.82 Å². The smallest absolute Gasteiger partial charge is 0.128 e. The first-order valence-electron chi connectivity index (χ1n) is 7.07. The molecular weight excluding hydrogens is 249 g/mol. The van der Waals surface area contributed by atoms with E-state index < -0.39 is 0 Å². The minimum atomic E-state index is -0.233. The highest BCUT2D eigenvalue weighted by molar-refractivity contribution is 5.64. The quantitative estimate of drug-likeness (QED) is 0.861. The van der Waals surface area contributed by atoms with Gasteiger partial charge in [0.05, 0.1) is 0 Å². The molecule has 0 aliphatic heterocycles. The van der Waals surface area contributed by atoms with Crippen molar-refractivity contribution in [3.8, 4) is 11.1 Å². The van der Waals surface area contributed by atoms with E-state index in [1.165, 1.54) is 5.56 Å². The van der Waals surface area contributed by atoms with Crippen molar-refractivity contribution in [2.24, 2.45) is 5.73 Å². The summed E-state index contributed by atoms with van der Waals surface area (Å²) >= 11 is 0. The van der Waals surface area contributed by atoms with E-state index in [4.69, 9.17) is 5.73 Å². The maximum Gasteiger partial charge on any atom is 0.128 e. The summed E-state index contributed by atoms with van der Waals surface area (Å²) in [4.78, 5) is 0. The fraction of sp³-hybridized carbons (Fsp3) is 0.333. The third-order valence-electron chi connectivity index (χ3n) is 4.16. The summed E-state index contributed by atoms with van der Waals surface area (Å²) in [7, 11) is 0. The van der Waals surface area contributed by atoms with Crippen molar-refractivity contribution in [3.63, 3.8) is 0 Å². The van der Waals surface area contributed by atoms with Crippen LogP contribution in [0.4, 0.5) is 4.39 Å². The molecule has 0 radical (unpaired) electrons. The zero-order valence-electron chi connectivity index (χ0n) is 12.4. The molecular formula is C18H22FN. The van der Waals surface area contributed by atoms with Crippen LogP contribution in [-0.4, -0.2) is 0 Å². The Morgan fingerprint density at radius 3 is 2.10 bits per heavy atom. The summed E-state index contributed by atoms with van der Waals surface area (Å²) in [6, 6.07) is 13.6. The van der Waals surface area contributed by atoms with Gasteiger partial charge in [0, 0.05) is 12.1 Å². The van der Waals surface area contributed by atoms with Crippen molar-refractivity contribution >= 4 is 0 Å². The maximum atomic E-state index is 13.8. The molecule has 0 atom stereocenters. The first kappa shape index (κ1) is 14.7. The van der Waals surface area contributed by atoms with Gasteiger partial charge in [0.2, 0.25) is 0 Å². The molecule has 0 heterocycles. The predicted octanol–water partition coefficient (Wildman–Crippen LogP) is 4.64. The second-order valence-electron chi connectivity index (χ2n) is 5.83. The van der Waals surface area contributed by atoms with Gasteiger partial charge in [0.15, 0.2) is 0 Å². The topological polar surface area (TPSA) is 26.0 Å². The van der Waals surface area contributed by atoms with Crippen LogP contribution in [0.1, 0.15) is 38.3 Å². The van der Waals surface area contributed by atoms with Gasteiger partial charge in [-0.3, -0.25) is 0 Å². The molecule has 0 aromatic heterocycles. The Hall–Kier alpha value is -1.67. The molecule has 20 heavy (non-hydrogen) atoms. The van der Waals surface area contributed by atoms with Gasteiger partial charge in [-0.25, -0.2) is 4.39 Å². The van der Waals surface area contributed by atoms with E-state index in [0.717, 1.165) is 17.5 Å². The molecule has 2 heteroatoms. The Morgan fingerprint density at radius 2 is 1.60 bits per heavy atom. The Balaban J connectivity index is 2.33. The van der Waals surface area contributed by atoms with E-state index in [9.17, 15) is 4.39 Å². The standard InChI is InChI=1S/C18H22FN/c1-4-18(2,3)16-9-7-13(8-10-16)14-5-6-15(12-20)17(19)11-14/h5-11H,4,12,20H2,1-3H3. The lowest BCUT2D eigenvalue weighted by Crippen LogP contribution is -2.14. The van der Waals surface area contributed by atoms with Crippen molar-refractivity contribution in [2.75, 3.05) is 0 Å². The molecule has 0 spiro atoms. The molecule has 2 rings (SSSR count). The SMILES string of the molecule is CCC(C)(C)c1ccc(-c2ccc(CN)c(F)c2)cc1. The van der Waals surface area contributed by atoms with Crippen LogP contribution in [0.25, 0.3) is 11.1 Å². The molecule has 2 aromatic carbocycles. The van der Waals surface area contributed by atoms with Crippen molar-refractivity contribution in [3.05, 3.63) is 59.4 Å². The number of hydrogen-bond acceptors (Lipinski definition) is 1. The lowest BCUT2D eigenvalue weighted by Gasteiger charge is -2.23. The molecule has 0 amide bonds. The molecule has 2 aromatic rings. The van der Waals surface area contributed by atoms with Gasteiger partial charge in [-0.15, -0.1) is 0 Å². The van der Waals surface area contributed by atoms with E-state index in [1.807, 2.05) is 6.07 Å². The van der Waals surface area contributed by atoms with Gasteiger partial charge in [-0.05, 0) is 34.6 Å².